The zero-order valence-electron chi connectivity index (χ0n) is 8.58. The van der Waals surface area contributed by atoms with Crippen molar-refractivity contribution in [2.24, 2.45) is 0 Å². The monoisotopic (exact) mass is 230 g/mol. The highest BCUT2D eigenvalue weighted by Gasteiger charge is 2.28. The van der Waals surface area contributed by atoms with Crippen LogP contribution in [0.15, 0.2) is 12.2 Å². The molecule has 0 aromatic carbocycles. The maximum Gasteiger partial charge on any atom is 0.389 e. The summed E-state index contributed by atoms with van der Waals surface area (Å²) >= 11 is 0. The topological polar surface area (TPSA) is 0 Å². The first kappa shape index (κ1) is 14.4. The molecule has 0 bridgehead atoms. The standard InChI is InChI=1S/C10H15F5/c1-2-3-6-9(11,12)7-4-5-8-10(13,14)15/h3,6H,2,4-5,7-8H2,1H3. The van der Waals surface area contributed by atoms with Gasteiger partial charge in [0.2, 0.25) is 0 Å². The van der Waals surface area contributed by atoms with E-state index in [-0.39, 0.29) is 12.8 Å². The molecular formula is C10H15F5. The zero-order valence-corrected chi connectivity index (χ0v) is 8.58. The Bertz CT molecular complexity index is 192. The number of hydrogen-bond acceptors (Lipinski definition) is 0. The van der Waals surface area contributed by atoms with Crippen molar-refractivity contribution in [3.8, 4) is 0 Å². The molecule has 0 saturated carbocycles. The summed E-state index contributed by atoms with van der Waals surface area (Å²) in [5.41, 5.74) is 0. The number of hydrogen-bond donors (Lipinski definition) is 0. The SMILES string of the molecule is CCC=CC(F)(F)CCCCC(F)(F)F. The highest BCUT2D eigenvalue weighted by atomic mass is 19.4. The average molecular weight is 230 g/mol. The zero-order chi connectivity index (χ0) is 11.9. The molecule has 0 heterocycles. The summed E-state index contributed by atoms with van der Waals surface area (Å²) in [5, 5.41) is 0. The molecule has 0 fully saturated rings. The summed E-state index contributed by atoms with van der Waals surface area (Å²) in [5.74, 6) is -2.97. The molecule has 0 aromatic heterocycles. The molecule has 0 aliphatic rings. The van der Waals surface area contributed by atoms with Crippen LogP contribution < -0.4 is 0 Å². The maximum atomic E-state index is 12.9. The fourth-order valence-electron chi connectivity index (χ4n) is 1.06. The van der Waals surface area contributed by atoms with Crippen molar-refractivity contribution in [3.63, 3.8) is 0 Å². The number of halogens is 5. The lowest BCUT2D eigenvalue weighted by atomic mass is 10.1. The van der Waals surface area contributed by atoms with Gasteiger partial charge in [0.25, 0.3) is 5.92 Å². The van der Waals surface area contributed by atoms with E-state index in [4.69, 9.17) is 0 Å². The first-order valence-electron chi connectivity index (χ1n) is 4.89. The molecule has 0 nitrogen and oxygen atoms in total. The number of rotatable bonds is 6. The summed E-state index contributed by atoms with van der Waals surface area (Å²) in [6, 6.07) is 0. The van der Waals surface area contributed by atoms with Gasteiger partial charge in [0, 0.05) is 12.8 Å². The first-order chi connectivity index (χ1) is 6.77. The van der Waals surface area contributed by atoms with Gasteiger partial charge in [-0.05, 0) is 25.3 Å². The largest absolute Gasteiger partial charge is 0.389 e. The van der Waals surface area contributed by atoms with Crippen LogP contribution in [-0.2, 0) is 0 Å². The van der Waals surface area contributed by atoms with E-state index >= 15 is 0 Å². The molecule has 0 amide bonds. The van der Waals surface area contributed by atoms with E-state index in [1.54, 1.807) is 6.92 Å². The van der Waals surface area contributed by atoms with E-state index in [0.29, 0.717) is 6.42 Å². The van der Waals surface area contributed by atoms with Crippen molar-refractivity contribution < 1.29 is 22.0 Å². The Hall–Kier alpha value is -0.610. The number of allylic oxidation sites excluding steroid dienone is 2. The molecule has 0 aliphatic carbocycles. The third-order valence-corrected chi connectivity index (χ3v) is 1.82. The minimum Gasteiger partial charge on any atom is -0.202 e. The first-order valence-corrected chi connectivity index (χ1v) is 4.89. The quantitative estimate of drug-likeness (QED) is 0.352. The van der Waals surface area contributed by atoms with Crippen molar-refractivity contribution in [3.05, 3.63) is 12.2 Å². The molecule has 15 heavy (non-hydrogen) atoms. The van der Waals surface area contributed by atoms with Crippen molar-refractivity contribution in [1.82, 2.24) is 0 Å². The minimum absolute atomic E-state index is 0.111. The molecule has 5 heteroatoms. The van der Waals surface area contributed by atoms with Gasteiger partial charge in [0.05, 0.1) is 0 Å². The van der Waals surface area contributed by atoms with Crippen molar-refractivity contribution in [1.29, 1.82) is 0 Å². The van der Waals surface area contributed by atoms with Gasteiger partial charge >= 0.3 is 6.18 Å². The Morgan fingerprint density at radius 1 is 0.933 bits per heavy atom. The molecule has 0 atom stereocenters. The van der Waals surface area contributed by atoms with Gasteiger partial charge in [0.15, 0.2) is 0 Å². The Morgan fingerprint density at radius 3 is 1.93 bits per heavy atom. The van der Waals surface area contributed by atoms with E-state index in [0.717, 1.165) is 6.08 Å². The van der Waals surface area contributed by atoms with Gasteiger partial charge in [-0.25, -0.2) is 8.78 Å². The second kappa shape index (κ2) is 6.08. The highest BCUT2D eigenvalue weighted by molar-refractivity contribution is 4.93. The Kier molecular flexibility index (Phi) is 5.83. The lowest BCUT2D eigenvalue weighted by Gasteiger charge is -2.11. The van der Waals surface area contributed by atoms with Gasteiger partial charge < -0.3 is 0 Å². The molecule has 0 N–H and O–H groups in total. The minimum atomic E-state index is -4.24. The Balaban J connectivity index is 3.71. The third kappa shape index (κ3) is 9.69. The summed E-state index contributed by atoms with van der Waals surface area (Å²) in [4.78, 5) is 0. The summed E-state index contributed by atoms with van der Waals surface area (Å²) in [7, 11) is 0. The predicted octanol–water partition coefficient (Wildman–Crippen LogP) is 4.71. The Morgan fingerprint density at radius 2 is 1.47 bits per heavy atom. The normalized spacial score (nSPS) is 13.7. The van der Waals surface area contributed by atoms with Crippen LogP contribution in [0, 0.1) is 0 Å². The lowest BCUT2D eigenvalue weighted by Crippen LogP contribution is -2.13. The molecule has 0 saturated heterocycles. The van der Waals surface area contributed by atoms with Crippen LogP contribution in [0.1, 0.15) is 39.0 Å². The molecule has 0 spiro atoms. The molecule has 0 rings (SSSR count). The van der Waals surface area contributed by atoms with E-state index in [1.807, 2.05) is 0 Å². The van der Waals surface area contributed by atoms with Crippen LogP contribution in [0.5, 0.6) is 0 Å². The van der Waals surface area contributed by atoms with Crippen LogP contribution in [0.2, 0.25) is 0 Å². The predicted molar refractivity (Wildman–Crippen MR) is 48.9 cm³/mol. The van der Waals surface area contributed by atoms with Crippen LogP contribution in [-0.4, -0.2) is 12.1 Å². The van der Waals surface area contributed by atoms with Crippen molar-refractivity contribution in [2.75, 3.05) is 0 Å². The molecule has 0 radical (unpaired) electrons. The second-order valence-corrected chi connectivity index (χ2v) is 3.39. The summed E-state index contributed by atoms with van der Waals surface area (Å²) in [6.45, 7) is 1.72. The second-order valence-electron chi connectivity index (χ2n) is 3.39. The van der Waals surface area contributed by atoms with E-state index in [9.17, 15) is 22.0 Å². The van der Waals surface area contributed by atoms with Gasteiger partial charge in [-0.2, -0.15) is 13.2 Å². The maximum absolute atomic E-state index is 12.9. The fraction of sp³-hybridized carbons (Fsp3) is 0.800. The van der Waals surface area contributed by atoms with Crippen LogP contribution in [0.25, 0.3) is 0 Å². The number of unbranched alkanes of at least 4 members (excludes halogenated alkanes) is 1. The summed E-state index contributed by atoms with van der Waals surface area (Å²) in [6.07, 6.45) is -3.50. The third-order valence-electron chi connectivity index (χ3n) is 1.82. The van der Waals surface area contributed by atoms with Crippen LogP contribution >= 0.6 is 0 Å². The van der Waals surface area contributed by atoms with Gasteiger partial charge in [-0.1, -0.05) is 13.0 Å². The molecule has 0 aliphatic heterocycles. The van der Waals surface area contributed by atoms with Crippen LogP contribution in [0.4, 0.5) is 22.0 Å². The average Bonchev–Trinajstić information content (AvgIpc) is 2.08. The molecule has 90 valence electrons. The highest BCUT2D eigenvalue weighted by Crippen LogP contribution is 2.27. The van der Waals surface area contributed by atoms with Crippen LogP contribution in [0.3, 0.4) is 0 Å². The molecular weight excluding hydrogens is 215 g/mol. The smallest absolute Gasteiger partial charge is 0.202 e. The Labute approximate surface area is 86.2 Å². The van der Waals surface area contributed by atoms with E-state index in [1.165, 1.54) is 6.08 Å². The van der Waals surface area contributed by atoms with Gasteiger partial charge in [0.1, 0.15) is 0 Å². The molecule has 0 unspecified atom stereocenters. The number of alkyl halides is 5. The lowest BCUT2D eigenvalue weighted by molar-refractivity contribution is -0.136. The fourth-order valence-corrected chi connectivity index (χ4v) is 1.06. The molecule has 0 aromatic rings. The van der Waals surface area contributed by atoms with Crippen molar-refractivity contribution in [2.45, 2.75) is 51.1 Å². The van der Waals surface area contributed by atoms with E-state index in [2.05, 4.69) is 0 Å². The van der Waals surface area contributed by atoms with Gasteiger partial charge in [-0.3, -0.25) is 0 Å². The summed E-state index contributed by atoms with van der Waals surface area (Å²) < 4.78 is 60.8. The van der Waals surface area contributed by atoms with Gasteiger partial charge in [-0.15, -0.1) is 0 Å². The van der Waals surface area contributed by atoms with Crippen molar-refractivity contribution >= 4 is 0 Å². The van der Waals surface area contributed by atoms with E-state index < -0.39 is 24.9 Å².